The first kappa shape index (κ1) is 10.1. The van der Waals surface area contributed by atoms with Gasteiger partial charge < -0.3 is 11.5 Å². The predicted molar refractivity (Wildman–Crippen MR) is 62.1 cm³/mol. The molecule has 0 unspecified atom stereocenters. The van der Waals surface area contributed by atoms with Gasteiger partial charge >= 0.3 is 0 Å². The third-order valence-corrected chi connectivity index (χ3v) is 5.45. The van der Waals surface area contributed by atoms with E-state index in [1.165, 1.54) is 32.1 Å². The lowest BCUT2D eigenvalue weighted by Crippen LogP contribution is -2.50. The van der Waals surface area contributed by atoms with E-state index in [1.54, 1.807) is 0 Å². The van der Waals surface area contributed by atoms with Crippen molar-refractivity contribution in [1.29, 1.82) is 0 Å². The second kappa shape index (κ2) is 3.74. The zero-order valence-electron chi connectivity index (χ0n) is 9.57. The molecule has 2 heteroatoms. The highest BCUT2D eigenvalue weighted by molar-refractivity contribution is 5.00. The number of nitrogens with two attached hydrogens (primary N) is 2. The quantitative estimate of drug-likeness (QED) is 0.740. The molecule has 0 saturated heterocycles. The number of rotatable bonds is 3. The molecule has 86 valence electrons. The van der Waals surface area contributed by atoms with Gasteiger partial charge in [0.05, 0.1) is 0 Å². The molecule has 0 aromatic carbocycles. The lowest BCUT2D eigenvalue weighted by Gasteiger charge is -2.56. The summed E-state index contributed by atoms with van der Waals surface area (Å²) in [6.07, 6.45) is 7.51. The van der Waals surface area contributed by atoms with Gasteiger partial charge in [-0.3, -0.25) is 0 Å². The van der Waals surface area contributed by atoms with Gasteiger partial charge in [-0.25, -0.2) is 0 Å². The third kappa shape index (κ3) is 1.53. The molecule has 4 fully saturated rings. The molecule has 15 heavy (non-hydrogen) atoms. The van der Waals surface area contributed by atoms with Crippen molar-refractivity contribution >= 4 is 0 Å². The van der Waals surface area contributed by atoms with E-state index >= 15 is 0 Å². The van der Waals surface area contributed by atoms with E-state index < -0.39 is 0 Å². The van der Waals surface area contributed by atoms with Crippen LogP contribution < -0.4 is 11.5 Å². The first-order chi connectivity index (χ1) is 7.31. The van der Waals surface area contributed by atoms with Gasteiger partial charge in [0, 0.05) is 0 Å². The molecule has 0 aromatic heterocycles. The van der Waals surface area contributed by atoms with Gasteiger partial charge in [0.15, 0.2) is 0 Å². The summed E-state index contributed by atoms with van der Waals surface area (Å²) < 4.78 is 0. The zero-order valence-corrected chi connectivity index (χ0v) is 9.57. The van der Waals surface area contributed by atoms with Crippen LogP contribution in [0.1, 0.15) is 32.1 Å². The molecule has 4 aliphatic carbocycles. The van der Waals surface area contributed by atoms with Gasteiger partial charge in [-0.1, -0.05) is 0 Å². The molecular weight excluding hydrogens is 184 g/mol. The Morgan fingerprint density at radius 2 is 1.27 bits per heavy atom. The van der Waals surface area contributed by atoms with Crippen LogP contribution in [0, 0.1) is 35.5 Å². The van der Waals surface area contributed by atoms with Crippen LogP contribution >= 0.6 is 0 Å². The molecule has 0 aromatic rings. The summed E-state index contributed by atoms with van der Waals surface area (Å²) in [5.74, 6) is 5.60. The van der Waals surface area contributed by atoms with Gasteiger partial charge in [-0.05, 0) is 80.7 Å². The van der Waals surface area contributed by atoms with Gasteiger partial charge in [0.2, 0.25) is 0 Å². The average molecular weight is 208 g/mol. The highest BCUT2D eigenvalue weighted by atomic mass is 14.7. The Morgan fingerprint density at radius 3 is 1.67 bits per heavy atom. The van der Waals surface area contributed by atoms with E-state index in [-0.39, 0.29) is 0 Å². The Labute approximate surface area is 92.8 Å². The fourth-order valence-electron chi connectivity index (χ4n) is 5.15. The van der Waals surface area contributed by atoms with Crippen molar-refractivity contribution in [3.05, 3.63) is 0 Å². The van der Waals surface area contributed by atoms with Gasteiger partial charge in [-0.2, -0.15) is 0 Å². The van der Waals surface area contributed by atoms with Gasteiger partial charge in [-0.15, -0.1) is 0 Å². The molecule has 0 spiro atoms. The summed E-state index contributed by atoms with van der Waals surface area (Å²) in [7, 11) is 0. The zero-order chi connectivity index (χ0) is 10.4. The molecule has 4 saturated carbocycles. The van der Waals surface area contributed by atoms with Gasteiger partial charge in [0.25, 0.3) is 0 Å². The van der Waals surface area contributed by atoms with Crippen molar-refractivity contribution in [2.24, 2.45) is 47.0 Å². The largest absolute Gasteiger partial charge is 0.330 e. The van der Waals surface area contributed by atoms with Crippen LogP contribution in [0.5, 0.6) is 0 Å². The molecule has 4 aliphatic rings. The topological polar surface area (TPSA) is 52.0 Å². The molecule has 4 bridgehead atoms. The van der Waals surface area contributed by atoms with E-state index in [0.29, 0.717) is 5.92 Å². The third-order valence-electron chi connectivity index (χ3n) is 5.45. The van der Waals surface area contributed by atoms with Crippen LogP contribution in [0.25, 0.3) is 0 Å². The SMILES string of the molecule is NCC(CN)C1C2CC3CC(C2)CC1C3. The van der Waals surface area contributed by atoms with Crippen molar-refractivity contribution in [1.82, 2.24) is 0 Å². The van der Waals surface area contributed by atoms with E-state index in [0.717, 1.165) is 42.7 Å². The Morgan fingerprint density at radius 1 is 0.800 bits per heavy atom. The fourth-order valence-corrected chi connectivity index (χ4v) is 5.15. The summed E-state index contributed by atoms with van der Waals surface area (Å²) in [5.41, 5.74) is 11.8. The molecule has 2 nitrogen and oxygen atoms in total. The molecular formula is C13H24N2. The molecule has 4 N–H and O–H groups in total. The van der Waals surface area contributed by atoms with E-state index in [1.807, 2.05) is 0 Å². The van der Waals surface area contributed by atoms with Crippen molar-refractivity contribution in [2.45, 2.75) is 32.1 Å². The summed E-state index contributed by atoms with van der Waals surface area (Å²) in [4.78, 5) is 0. The monoisotopic (exact) mass is 208 g/mol. The molecule has 0 amide bonds. The highest BCUT2D eigenvalue weighted by Crippen LogP contribution is 2.58. The van der Waals surface area contributed by atoms with Gasteiger partial charge in [0.1, 0.15) is 0 Å². The first-order valence-electron chi connectivity index (χ1n) is 6.72. The van der Waals surface area contributed by atoms with Crippen LogP contribution in [0.4, 0.5) is 0 Å². The van der Waals surface area contributed by atoms with E-state index in [9.17, 15) is 0 Å². The Kier molecular flexibility index (Phi) is 2.52. The standard InChI is InChI=1S/C13H24N2/c14-6-12(7-15)13-10-2-8-1-9(4-10)5-11(13)3-8/h8-13H,1-7,14-15H2. The van der Waals surface area contributed by atoms with Crippen LogP contribution in [0.2, 0.25) is 0 Å². The molecule has 0 atom stereocenters. The summed E-state index contributed by atoms with van der Waals surface area (Å²) in [6.45, 7) is 1.62. The number of hydrogen-bond acceptors (Lipinski definition) is 2. The van der Waals surface area contributed by atoms with E-state index in [4.69, 9.17) is 11.5 Å². The predicted octanol–water partition coefficient (Wildman–Crippen LogP) is 1.59. The Balaban J connectivity index is 1.79. The van der Waals surface area contributed by atoms with Crippen molar-refractivity contribution in [3.8, 4) is 0 Å². The van der Waals surface area contributed by atoms with Crippen LogP contribution in [0.15, 0.2) is 0 Å². The first-order valence-corrected chi connectivity index (χ1v) is 6.72. The minimum absolute atomic E-state index is 0.611. The van der Waals surface area contributed by atoms with Crippen LogP contribution in [-0.2, 0) is 0 Å². The summed E-state index contributed by atoms with van der Waals surface area (Å²) in [5, 5.41) is 0. The second-order valence-corrected chi connectivity index (χ2v) is 6.24. The molecule has 0 heterocycles. The minimum Gasteiger partial charge on any atom is -0.330 e. The highest BCUT2D eigenvalue weighted by Gasteiger charge is 2.49. The molecule has 0 aliphatic heterocycles. The average Bonchev–Trinajstić information content (AvgIpc) is 2.22. The minimum atomic E-state index is 0.611. The summed E-state index contributed by atoms with van der Waals surface area (Å²) in [6, 6.07) is 0. The summed E-state index contributed by atoms with van der Waals surface area (Å²) >= 11 is 0. The van der Waals surface area contributed by atoms with Crippen molar-refractivity contribution < 1.29 is 0 Å². The maximum absolute atomic E-state index is 5.88. The maximum atomic E-state index is 5.88. The Hall–Kier alpha value is -0.0800. The maximum Gasteiger partial charge on any atom is -0.00339 e. The second-order valence-electron chi connectivity index (χ2n) is 6.24. The number of hydrogen-bond donors (Lipinski definition) is 2. The smallest absolute Gasteiger partial charge is 0.00339 e. The van der Waals surface area contributed by atoms with E-state index in [2.05, 4.69) is 0 Å². The van der Waals surface area contributed by atoms with Crippen molar-refractivity contribution in [3.63, 3.8) is 0 Å². The molecule has 0 radical (unpaired) electrons. The lowest BCUT2D eigenvalue weighted by molar-refractivity contribution is -0.0583. The normalized spacial score (nSPS) is 47.8. The molecule has 4 rings (SSSR count). The van der Waals surface area contributed by atoms with Crippen LogP contribution in [-0.4, -0.2) is 13.1 Å². The Bertz CT molecular complexity index is 207. The fraction of sp³-hybridized carbons (Fsp3) is 1.00. The van der Waals surface area contributed by atoms with Crippen molar-refractivity contribution in [2.75, 3.05) is 13.1 Å². The van der Waals surface area contributed by atoms with Crippen LogP contribution in [0.3, 0.4) is 0 Å². The lowest BCUT2D eigenvalue weighted by atomic mass is 9.49.